The number of nitrogens with one attached hydrogen (secondary N) is 1. The Balaban J connectivity index is 1.65. The van der Waals surface area contributed by atoms with Gasteiger partial charge in [0.1, 0.15) is 0 Å². The van der Waals surface area contributed by atoms with Crippen molar-refractivity contribution < 1.29 is 9.90 Å². The molecule has 0 heterocycles. The van der Waals surface area contributed by atoms with Gasteiger partial charge in [-0.3, -0.25) is 4.79 Å². The molecule has 2 aliphatic carbocycles. The quantitative estimate of drug-likeness (QED) is 0.873. The molecule has 0 aromatic heterocycles. The Hall–Kier alpha value is -1.06. The minimum atomic E-state index is -0.780. The number of benzene rings is 1. The second-order valence-electron chi connectivity index (χ2n) is 6.54. The van der Waals surface area contributed by atoms with E-state index in [1.54, 1.807) is 0 Å². The Kier molecular flexibility index (Phi) is 4.23. The Morgan fingerprint density at radius 1 is 1.29 bits per heavy atom. The summed E-state index contributed by atoms with van der Waals surface area (Å²) in [5.41, 5.74) is 0.326. The van der Waals surface area contributed by atoms with Crippen molar-refractivity contribution in [3.8, 4) is 0 Å². The summed E-state index contributed by atoms with van der Waals surface area (Å²) in [7, 11) is 0. The summed E-state index contributed by atoms with van der Waals surface area (Å²) in [5.74, 6) is 0.486. The average Bonchev–Trinajstić information content (AvgIpc) is 3.20. The minimum absolute atomic E-state index is 0.0359. The van der Waals surface area contributed by atoms with Gasteiger partial charge in [0.05, 0.1) is 18.1 Å². The molecule has 2 saturated carbocycles. The highest BCUT2D eigenvalue weighted by molar-refractivity contribution is 6.30. The molecule has 1 atom stereocenters. The zero-order chi connectivity index (χ0) is 14.9. The summed E-state index contributed by atoms with van der Waals surface area (Å²) in [5, 5.41) is 14.2. The monoisotopic (exact) mass is 307 g/mol. The van der Waals surface area contributed by atoms with Crippen molar-refractivity contribution >= 4 is 17.5 Å². The van der Waals surface area contributed by atoms with Gasteiger partial charge in [0, 0.05) is 5.02 Å². The second-order valence-corrected chi connectivity index (χ2v) is 6.98. The second kappa shape index (κ2) is 5.98. The van der Waals surface area contributed by atoms with Crippen LogP contribution in [0.5, 0.6) is 0 Å². The van der Waals surface area contributed by atoms with Crippen molar-refractivity contribution in [1.82, 2.24) is 5.32 Å². The van der Waals surface area contributed by atoms with Gasteiger partial charge in [0.25, 0.3) is 0 Å². The molecule has 2 fully saturated rings. The van der Waals surface area contributed by atoms with Gasteiger partial charge in [0.15, 0.2) is 0 Å². The first kappa shape index (κ1) is 14.9. The van der Waals surface area contributed by atoms with Crippen molar-refractivity contribution in [3.05, 3.63) is 34.9 Å². The maximum Gasteiger partial charge on any atom is 0.223 e. The van der Waals surface area contributed by atoms with Crippen LogP contribution < -0.4 is 5.32 Å². The lowest BCUT2D eigenvalue weighted by Gasteiger charge is -2.24. The van der Waals surface area contributed by atoms with Crippen molar-refractivity contribution in [2.24, 2.45) is 5.92 Å². The Morgan fingerprint density at radius 3 is 2.48 bits per heavy atom. The van der Waals surface area contributed by atoms with Crippen LogP contribution in [-0.2, 0) is 4.79 Å². The number of hydrogen-bond acceptors (Lipinski definition) is 2. The van der Waals surface area contributed by atoms with Gasteiger partial charge >= 0.3 is 0 Å². The third-order valence-corrected chi connectivity index (χ3v) is 4.91. The van der Waals surface area contributed by atoms with Crippen LogP contribution >= 0.6 is 11.6 Å². The van der Waals surface area contributed by atoms with Crippen molar-refractivity contribution in [2.45, 2.75) is 56.6 Å². The maximum atomic E-state index is 12.3. The lowest BCUT2D eigenvalue weighted by molar-refractivity contribution is -0.126. The normalized spacial score (nSPS) is 22.0. The number of carbonyl (C=O) groups excluding carboxylic acids is 1. The van der Waals surface area contributed by atoms with Crippen LogP contribution in [-0.4, -0.2) is 16.6 Å². The van der Waals surface area contributed by atoms with E-state index in [1.165, 1.54) is 0 Å². The van der Waals surface area contributed by atoms with Gasteiger partial charge in [-0.05, 0) is 49.3 Å². The Labute approximate surface area is 130 Å². The van der Waals surface area contributed by atoms with Crippen LogP contribution in [0.15, 0.2) is 24.3 Å². The topological polar surface area (TPSA) is 49.3 Å². The molecule has 1 aromatic rings. The lowest BCUT2D eigenvalue weighted by atomic mass is 9.96. The third-order valence-electron chi connectivity index (χ3n) is 4.66. The number of halogens is 1. The molecule has 0 bridgehead atoms. The van der Waals surface area contributed by atoms with Crippen LogP contribution in [0.3, 0.4) is 0 Å². The number of aliphatic hydroxyl groups is 1. The van der Waals surface area contributed by atoms with E-state index in [9.17, 15) is 9.90 Å². The van der Waals surface area contributed by atoms with Crippen molar-refractivity contribution in [2.75, 3.05) is 0 Å². The zero-order valence-corrected chi connectivity index (χ0v) is 12.9. The molecule has 2 aliphatic rings. The summed E-state index contributed by atoms with van der Waals surface area (Å²) in [4.78, 5) is 12.3. The van der Waals surface area contributed by atoms with E-state index >= 15 is 0 Å². The summed E-state index contributed by atoms with van der Waals surface area (Å²) in [6, 6.07) is 7.75. The molecule has 2 N–H and O–H groups in total. The molecule has 114 valence electrons. The van der Waals surface area contributed by atoms with E-state index in [2.05, 4.69) is 5.32 Å². The highest BCUT2D eigenvalue weighted by Gasteiger charge is 2.37. The third kappa shape index (κ3) is 3.78. The SMILES string of the molecule is O=C(CC1(O)CCCC1)NC(c1ccc(Cl)cc1)C1CC1. The maximum absolute atomic E-state index is 12.3. The number of rotatable bonds is 5. The van der Waals surface area contributed by atoms with Crippen LogP contribution in [0.25, 0.3) is 0 Å². The highest BCUT2D eigenvalue weighted by atomic mass is 35.5. The smallest absolute Gasteiger partial charge is 0.223 e. The Morgan fingerprint density at radius 2 is 1.90 bits per heavy atom. The first-order chi connectivity index (χ1) is 10.1. The molecule has 3 rings (SSSR count). The number of hydrogen-bond donors (Lipinski definition) is 2. The van der Waals surface area contributed by atoms with Crippen LogP contribution in [0.4, 0.5) is 0 Å². The molecule has 1 amide bonds. The molecular formula is C17H22ClNO2. The van der Waals surface area contributed by atoms with E-state index in [0.29, 0.717) is 10.9 Å². The van der Waals surface area contributed by atoms with Crippen LogP contribution in [0, 0.1) is 5.92 Å². The largest absolute Gasteiger partial charge is 0.389 e. The molecule has 0 aliphatic heterocycles. The van der Waals surface area contributed by atoms with E-state index < -0.39 is 5.60 Å². The van der Waals surface area contributed by atoms with Gasteiger partial charge in [0.2, 0.25) is 5.91 Å². The summed E-state index contributed by atoms with van der Waals surface area (Å²) in [6.45, 7) is 0. The van der Waals surface area contributed by atoms with Crippen LogP contribution in [0.2, 0.25) is 5.02 Å². The molecular weight excluding hydrogens is 286 g/mol. The molecule has 21 heavy (non-hydrogen) atoms. The summed E-state index contributed by atoms with van der Waals surface area (Å²) >= 11 is 5.93. The van der Waals surface area contributed by atoms with E-state index in [4.69, 9.17) is 11.6 Å². The fourth-order valence-corrected chi connectivity index (χ4v) is 3.43. The first-order valence-electron chi connectivity index (χ1n) is 7.83. The average molecular weight is 308 g/mol. The van der Waals surface area contributed by atoms with Gasteiger partial charge in [-0.15, -0.1) is 0 Å². The Bertz CT molecular complexity index is 504. The minimum Gasteiger partial charge on any atom is -0.389 e. The molecule has 1 aromatic carbocycles. The van der Waals surface area contributed by atoms with Crippen LogP contribution in [0.1, 0.15) is 56.6 Å². The molecule has 0 radical (unpaired) electrons. The van der Waals surface area contributed by atoms with E-state index in [0.717, 1.165) is 44.1 Å². The van der Waals surface area contributed by atoms with Gasteiger partial charge in [-0.2, -0.15) is 0 Å². The molecule has 4 heteroatoms. The molecule has 0 saturated heterocycles. The number of amides is 1. The molecule has 1 unspecified atom stereocenters. The van der Waals surface area contributed by atoms with E-state index in [1.807, 2.05) is 24.3 Å². The fraction of sp³-hybridized carbons (Fsp3) is 0.588. The fourth-order valence-electron chi connectivity index (χ4n) is 3.31. The first-order valence-corrected chi connectivity index (χ1v) is 8.21. The van der Waals surface area contributed by atoms with E-state index in [-0.39, 0.29) is 18.4 Å². The van der Waals surface area contributed by atoms with Gasteiger partial charge < -0.3 is 10.4 Å². The molecule has 3 nitrogen and oxygen atoms in total. The summed E-state index contributed by atoms with van der Waals surface area (Å²) in [6.07, 6.45) is 6.06. The molecule has 0 spiro atoms. The van der Waals surface area contributed by atoms with Crippen molar-refractivity contribution in [3.63, 3.8) is 0 Å². The predicted octanol–water partition coefficient (Wildman–Crippen LogP) is 3.60. The summed E-state index contributed by atoms with van der Waals surface area (Å²) < 4.78 is 0. The van der Waals surface area contributed by atoms with Gasteiger partial charge in [-0.25, -0.2) is 0 Å². The predicted molar refractivity (Wildman–Crippen MR) is 83.1 cm³/mol. The zero-order valence-electron chi connectivity index (χ0n) is 12.1. The lowest BCUT2D eigenvalue weighted by Crippen LogP contribution is -2.37. The van der Waals surface area contributed by atoms with Crippen molar-refractivity contribution in [1.29, 1.82) is 0 Å². The van der Waals surface area contributed by atoms with Gasteiger partial charge in [-0.1, -0.05) is 36.6 Å². The number of carbonyl (C=O) groups is 1. The highest BCUT2D eigenvalue weighted by Crippen LogP contribution is 2.41. The standard InChI is InChI=1S/C17H22ClNO2/c18-14-7-5-13(6-8-14)16(12-3-4-12)19-15(20)11-17(21)9-1-2-10-17/h5-8,12,16,21H,1-4,9-11H2,(H,19,20).